The second-order valence-corrected chi connectivity index (χ2v) is 5.97. The van der Waals surface area contributed by atoms with Crippen molar-refractivity contribution in [1.82, 2.24) is 9.88 Å². The minimum Gasteiger partial charge on any atom is -0.497 e. The van der Waals surface area contributed by atoms with Crippen LogP contribution < -0.4 is 4.74 Å². The van der Waals surface area contributed by atoms with E-state index in [1.165, 1.54) is 6.42 Å². The molecule has 3 rings (SSSR count). The van der Waals surface area contributed by atoms with Crippen molar-refractivity contribution in [3.8, 4) is 5.75 Å². The molecule has 2 aromatic rings. The summed E-state index contributed by atoms with van der Waals surface area (Å²) in [4.78, 5) is 5.58. The first kappa shape index (κ1) is 14.7. The van der Waals surface area contributed by atoms with Crippen LogP contribution in [0.5, 0.6) is 5.75 Å². The smallest absolute Gasteiger partial charge is 0.119 e. The first-order valence-electron chi connectivity index (χ1n) is 7.42. The van der Waals surface area contributed by atoms with Crippen LogP contribution in [0.2, 0.25) is 5.15 Å². The van der Waals surface area contributed by atoms with E-state index < -0.39 is 0 Å². The number of fused-ring (bicyclic) bond motifs is 1. The lowest BCUT2D eigenvalue weighted by atomic mass is 10.1. The summed E-state index contributed by atoms with van der Waals surface area (Å²) in [5.41, 5.74) is 2.17. The number of hydrogen-bond acceptors (Lipinski definition) is 3. The third kappa shape index (κ3) is 2.89. The fraction of sp³-hybridized carbons (Fsp3) is 0.500. The van der Waals surface area contributed by atoms with Crippen LogP contribution >= 0.6 is 11.6 Å². The summed E-state index contributed by atoms with van der Waals surface area (Å²) in [6.07, 6.45) is 3.13. The molecule has 2 N–H and O–H groups in total. The van der Waals surface area contributed by atoms with Crippen LogP contribution in [0.3, 0.4) is 0 Å². The van der Waals surface area contributed by atoms with Crippen LogP contribution in [-0.2, 0) is 6.42 Å². The largest absolute Gasteiger partial charge is 0.497 e. The minimum atomic E-state index is 0.245. The van der Waals surface area contributed by atoms with Gasteiger partial charge in [-0.3, -0.25) is 4.90 Å². The van der Waals surface area contributed by atoms with Gasteiger partial charge in [-0.15, -0.1) is 0 Å². The predicted octanol–water partition coefficient (Wildman–Crippen LogP) is 2.83. The van der Waals surface area contributed by atoms with Crippen molar-refractivity contribution >= 4 is 22.5 Å². The molecule has 2 heterocycles. The summed E-state index contributed by atoms with van der Waals surface area (Å²) in [6, 6.07) is 6.26. The van der Waals surface area contributed by atoms with Gasteiger partial charge in [-0.2, -0.15) is 0 Å². The Labute approximate surface area is 129 Å². The lowest BCUT2D eigenvalue weighted by Crippen LogP contribution is -2.33. The Morgan fingerprint density at radius 3 is 3.10 bits per heavy atom. The minimum absolute atomic E-state index is 0.245. The summed E-state index contributed by atoms with van der Waals surface area (Å²) in [5, 5.41) is 11.2. The normalized spacial score (nSPS) is 19.5. The molecule has 5 heteroatoms. The molecule has 1 aromatic carbocycles. The number of aliphatic hydroxyl groups is 1. The van der Waals surface area contributed by atoms with Gasteiger partial charge in [0.25, 0.3) is 0 Å². The Bertz CT molecular complexity index is 626. The van der Waals surface area contributed by atoms with Crippen LogP contribution in [-0.4, -0.2) is 47.8 Å². The van der Waals surface area contributed by atoms with E-state index in [-0.39, 0.29) is 6.61 Å². The predicted molar refractivity (Wildman–Crippen MR) is 85.2 cm³/mol. The number of hydrogen-bond donors (Lipinski definition) is 2. The molecule has 0 saturated carbocycles. The van der Waals surface area contributed by atoms with Crippen LogP contribution in [0.25, 0.3) is 10.9 Å². The Hall–Kier alpha value is -1.23. The molecule has 1 aliphatic heterocycles. The van der Waals surface area contributed by atoms with Crippen LogP contribution in [0.4, 0.5) is 0 Å². The number of aromatic nitrogens is 1. The number of halogens is 1. The molecular formula is C16H21ClN2O2. The van der Waals surface area contributed by atoms with E-state index in [0.29, 0.717) is 11.2 Å². The molecule has 114 valence electrons. The zero-order valence-corrected chi connectivity index (χ0v) is 13.0. The zero-order chi connectivity index (χ0) is 14.8. The quantitative estimate of drug-likeness (QED) is 0.893. The second-order valence-electron chi connectivity index (χ2n) is 5.59. The van der Waals surface area contributed by atoms with Gasteiger partial charge in [0.2, 0.25) is 0 Å². The van der Waals surface area contributed by atoms with Crippen LogP contribution in [0.15, 0.2) is 18.2 Å². The summed E-state index contributed by atoms with van der Waals surface area (Å²) >= 11 is 6.35. The highest BCUT2D eigenvalue weighted by atomic mass is 35.5. The third-order valence-corrected chi connectivity index (χ3v) is 4.74. The molecule has 1 aliphatic rings. The van der Waals surface area contributed by atoms with E-state index >= 15 is 0 Å². The van der Waals surface area contributed by atoms with Crippen molar-refractivity contribution in [3.63, 3.8) is 0 Å². The molecule has 0 bridgehead atoms. The maximum absolute atomic E-state index is 9.40. The highest BCUT2D eigenvalue weighted by Crippen LogP contribution is 2.30. The van der Waals surface area contributed by atoms with Gasteiger partial charge in [0, 0.05) is 23.5 Å². The standard InChI is InChI=1S/C16H21ClN2O2/c1-21-12-4-5-15-14(9-12)13(16(17)18-15)6-8-19-7-2-3-11(19)10-20/h4-5,9,11,18,20H,2-3,6-8,10H2,1H3/t11-/m0/s1. The number of methoxy groups -OCH3 is 1. The first-order valence-corrected chi connectivity index (χ1v) is 7.79. The lowest BCUT2D eigenvalue weighted by molar-refractivity contribution is 0.160. The van der Waals surface area contributed by atoms with Gasteiger partial charge in [-0.05, 0) is 49.6 Å². The third-order valence-electron chi connectivity index (χ3n) is 4.42. The molecule has 4 nitrogen and oxygen atoms in total. The number of nitrogens with one attached hydrogen (secondary N) is 1. The fourth-order valence-electron chi connectivity index (χ4n) is 3.22. The van der Waals surface area contributed by atoms with Crippen molar-refractivity contribution in [2.75, 3.05) is 26.8 Å². The van der Waals surface area contributed by atoms with Gasteiger partial charge in [-0.1, -0.05) is 11.6 Å². The van der Waals surface area contributed by atoms with Crippen molar-refractivity contribution < 1.29 is 9.84 Å². The van der Waals surface area contributed by atoms with E-state index in [4.69, 9.17) is 16.3 Å². The number of ether oxygens (including phenoxy) is 1. The molecule has 1 fully saturated rings. The summed E-state index contributed by atoms with van der Waals surface area (Å²) in [7, 11) is 1.67. The highest BCUT2D eigenvalue weighted by Gasteiger charge is 2.23. The Kier molecular flexibility index (Phi) is 4.38. The van der Waals surface area contributed by atoms with Gasteiger partial charge in [0.15, 0.2) is 0 Å². The number of likely N-dealkylation sites (tertiary alicyclic amines) is 1. The summed E-state index contributed by atoms with van der Waals surface area (Å²) in [6.45, 7) is 2.24. The number of aromatic amines is 1. The van der Waals surface area contributed by atoms with E-state index in [1.54, 1.807) is 7.11 Å². The van der Waals surface area contributed by atoms with E-state index in [2.05, 4.69) is 9.88 Å². The van der Waals surface area contributed by atoms with Crippen molar-refractivity contribution in [2.45, 2.75) is 25.3 Å². The van der Waals surface area contributed by atoms with Gasteiger partial charge in [-0.25, -0.2) is 0 Å². The summed E-state index contributed by atoms with van der Waals surface area (Å²) < 4.78 is 5.30. The summed E-state index contributed by atoms with van der Waals surface area (Å²) in [5.74, 6) is 0.842. The van der Waals surface area contributed by atoms with Crippen LogP contribution in [0.1, 0.15) is 18.4 Å². The molecule has 1 atom stereocenters. The molecule has 0 radical (unpaired) electrons. The van der Waals surface area contributed by atoms with Crippen molar-refractivity contribution in [3.05, 3.63) is 28.9 Å². The molecule has 0 spiro atoms. The van der Waals surface area contributed by atoms with E-state index in [0.717, 1.165) is 48.1 Å². The molecule has 1 aromatic heterocycles. The Morgan fingerprint density at radius 2 is 2.33 bits per heavy atom. The van der Waals surface area contributed by atoms with E-state index in [9.17, 15) is 5.11 Å². The van der Waals surface area contributed by atoms with Gasteiger partial charge < -0.3 is 14.8 Å². The monoisotopic (exact) mass is 308 g/mol. The van der Waals surface area contributed by atoms with Gasteiger partial charge in [0.05, 0.1) is 13.7 Å². The topological polar surface area (TPSA) is 48.5 Å². The van der Waals surface area contributed by atoms with Crippen LogP contribution in [0, 0.1) is 0 Å². The van der Waals surface area contributed by atoms with Crippen molar-refractivity contribution in [1.29, 1.82) is 0 Å². The first-order chi connectivity index (χ1) is 10.2. The molecule has 0 aliphatic carbocycles. The molecule has 0 amide bonds. The SMILES string of the molecule is COc1ccc2[nH]c(Cl)c(CCN3CCC[C@H]3CO)c2c1. The number of nitrogens with zero attached hydrogens (tertiary/aromatic N) is 1. The maximum atomic E-state index is 9.40. The molecule has 21 heavy (non-hydrogen) atoms. The molecular weight excluding hydrogens is 288 g/mol. The number of aliphatic hydroxyl groups excluding tert-OH is 1. The molecule has 0 unspecified atom stereocenters. The maximum Gasteiger partial charge on any atom is 0.119 e. The lowest BCUT2D eigenvalue weighted by Gasteiger charge is -2.22. The molecule has 1 saturated heterocycles. The number of rotatable bonds is 5. The van der Waals surface area contributed by atoms with Gasteiger partial charge >= 0.3 is 0 Å². The van der Waals surface area contributed by atoms with Crippen molar-refractivity contribution in [2.24, 2.45) is 0 Å². The average molecular weight is 309 g/mol. The second kappa shape index (κ2) is 6.26. The Balaban J connectivity index is 1.81. The Morgan fingerprint density at radius 1 is 1.48 bits per heavy atom. The number of H-pyrrole nitrogens is 1. The van der Waals surface area contributed by atoms with Gasteiger partial charge in [0.1, 0.15) is 10.9 Å². The fourth-order valence-corrected chi connectivity index (χ4v) is 3.52. The number of benzene rings is 1. The highest BCUT2D eigenvalue weighted by molar-refractivity contribution is 6.31. The zero-order valence-electron chi connectivity index (χ0n) is 12.2. The average Bonchev–Trinajstić information content (AvgIpc) is 3.07. The van der Waals surface area contributed by atoms with E-state index in [1.807, 2.05) is 18.2 Å².